The van der Waals surface area contributed by atoms with Crippen molar-refractivity contribution in [3.8, 4) is 0 Å². The molecule has 0 rings (SSSR count). The fourth-order valence-corrected chi connectivity index (χ4v) is 0. The lowest BCUT2D eigenvalue weighted by Crippen LogP contribution is -1.95. The van der Waals surface area contributed by atoms with Gasteiger partial charge in [0.25, 0.3) is 12.2 Å². The van der Waals surface area contributed by atoms with Gasteiger partial charge in [-0.1, -0.05) is 0 Å². The van der Waals surface area contributed by atoms with E-state index in [4.69, 9.17) is 5.73 Å². The quantitative estimate of drug-likeness (QED) is 0.345. The van der Waals surface area contributed by atoms with Crippen LogP contribution in [0.4, 0.5) is 0 Å². The standard InChI is InChI=1S/C2H4NS/c3-1-2-4/h1,3H2/q+1. The minimum absolute atomic E-state index is 0.384. The first-order chi connectivity index (χ1) is 1.91. The molecule has 2 heteroatoms. The molecule has 0 bridgehead atoms. The first-order valence-electron chi connectivity index (χ1n) is 0.966. The third-order valence-corrected chi connectivity index (χ3v) is 0.250. The Balaban J connectivity index is 2.30. The molecule has 0 aromatic carbocycles. The van der Waals surface area contributed by atoms with Gasteiger partial charge in [0.1, 0.15) is 0 Å². The summed E-state index contributed by atoms with van der Waals surface area (Å²) in [4.78, 5) is 0. The molecule has 4 heavy (non-hydrogen) atoms. The van der Waals surface area contributed by atoms with Gasteiger partial charge in [0.2, 0.25) is 6.54 Å². The largest absolute Gasteiger partial charge is 0.334 e. The monoisotopic (exact) mass is 74.0 g/mol. The van der Waals surface area contributed by atoms with Gasteiger partial charge in [0, 0.05) is 0 Å². The summed E-state index contributed by atoms with van der Waals surface area (Å²) < 4.78 is 0. The second-order valence-electron chi connectivity index (χ2n) is 0.348. The Kier molecular flexibility index (Phi) is 2.93. The molecule has 0 saturated carbocycles. The van der Waals surface area contributed by atoms with Crippen molar-refractivity contribution in [2.45, 2.75) is 0 Å². The maximum Gasteiger partial charge on any atom is 0.334 e. The van der Waals surface area contributed by atoms with Crippen LogP contribution in [0.25, 0.3) is 0 Å². The van der Waals surface area contributed by atoms with Gasteiger partial charge in [-0.25, -0.2) is 0 Å². The Morgan fingerprint density at radius 1 is 2.00 bits per heavy atom. The molecule has 2 N–H and O–H groups in total. The molecule has 0 aliphatic rings. The van der Waals surface area contributed by atoms with E-state index in [1.165, 1.54) is 0 Å². The normalized spacial score (nSPS) is 5.25. The molecule has 0 spiro atoms. The lowest BCUT2D eigenvalue weighted by atomic mass is 10.8. The number of rotatable bonds is 1. The van der Waals surface area contributed by atoms with Crippen molar-refractivity contribution in [3.05, 3.63) is 0 Å². The van der Waals surface area contributed by atoms with Gasteiger partial charge in [-0.05, 0) is 0 Å². The second-order valence-corrected chi connectivity index (χ2v) is 0.637. The van der Waals surface area contributed by atoms with E-state index in [2.05, 4.69) is 17.6 Å². The van der Waals surface area contributed by atoms with Gasteiger partial charge in [-0.15, -0.1) is 0 Å². The van der Waals surface area contributed by atoms with Crippen LogP contribution in [0.15, 0.2) is 0 Å². The number of hydrogen-bond acceptors (Lipinski definition) is 2. The van der Waals surface area contributed by atoms with Gasteiger partial charge in [-0.2, -0.15) is 0 Å². The zero-order valence-corrected chi connectivity index (χ0v) is 3.01. The smallest absolute Gasteiger partial charge is 0.283 e. The lowest BCUT2D eigenvalue weighted by molar-refractivity contribution is 1.36. The highest BCUT2D eigenvalue weighted by molar-refractivity contribution is 7.79. The molecule has 0 aliphatic carbocycles. The van der Waals surface area contributed by atoms with Gasteiger partial charge in [0.05, 0.1) is 0 Å². The highest BCUT2D eigenvalue weighted by Gasteiger charge is 1.71. The first kappa shape index (κ1) is 3.96. The summed E-state index contributed by atoms with van der Waals surface area (Å²) in [5.41, 5.74) is 4.81. The van der Waals surface area contributed by atoms with Gasteiger partial charge >= 0.3 is 5.37 Å². The summed E-state index contributed by atoms with van der Waals surface area (Å²) in [5, 5.41) is 2.29. The van der Waals surface area contributed by atoms with E-state index in [0.717, 1.165) is 0 Å². The number of hydrogen-bond donors (Lipinski definition) is 1. The molecule has 0 atom stereocenters. The third kappa shape index (κ3) is 1.96. The molecular weight excluding hydrogens is 70.1 g/mol. The average molecular weight is 74.1 g/mol. The van der Waals surface area contributed by atoms with Crippen molar-refractivity contribution in [1.29, 1.82) is 0 Å². The molecule has 0 unspecified atom stereocenters. The Morgan fingerprint density at radius 3 is 2.25 bits per heavy atom. The van der Waals surface area contributed by atoms with Crippen molar-refractivity contribution in [2.75, 3.05) is 6.54 Å². The number of nitrogens with two attached hydrogens (primary N) is 1. The van der Waals surface area contributed by atoms with Crippen LogP contribution in [-0.4, -0.2) is 11.9 Å². The molecule has 0 heterocycles. The van der Waals surface area contributed by atoms with Gasteiger partial charge in [-0.3, -0.25) is 5.73 Å². The summed E-state index contributed by atoms with van der Waals surface area (Å²) in [6, 6.07) is 0. The van der Waals surface area contributed by atoms with Crippen molar-refractivity contribution >= 4 is 17.6 Å². The van der Waals surface area contributed by atoms with E-state index < -0.39 is 0 Å². The molecule has 0 saturated heterocycles. The predicted octanol–water partition coefficient (Wildman–Crippen LogP) is -0.178. The van der Waals surface area contributed by atoms with Crippen LogP contribution in [0, 0.1) is 0 Å². The van der Waals surface area contributed by atoms with Crippen LogP contribution in [0.1, 0.15) is 0 Å². The van der Waals surface area contributed by atoms with Crippen molar-refractivity contribution < 1.29 is 0 Å². The molecule has 0 radical (unpaired) electrons. The van der Waals surface area contributed by atoms with Gasteiger partial charge < -0.3 is 0 Å². The van der Waals surface area contributed by atoms with E-state index in [1.807, 2.05) is 0 Å². The average Bonchev–Trinajstić information content (AvgIpc) is 1.37. The van der Waals surface area contributed by atoms with Crippen LogP contribution in [0.5, 0.6) is 0 Å². The van der Waals surface area contributed by atoms with E-state index in [0.29, 0.717) is 6.54 Å². The van der Waals surface area contributed by atoms with Crippen LogP contribution in [0.3, 0.4) is 0 Å². The molecule has 0 aliphatic heterocycles. The molecular formula is C2H4NS+. The number of thiocarbonyl (C=S) groups is 1. The van der Waals surface area contributed by atoms with Crippen molar-refractivity contribution in [3.63, 3.8) is 0 Å². The van der Waals surface area contributed by atoms with Crippen LogP contribution < -0.4 is 5.73 Å². The van der Waals surface area contributed by atoms with E-state index in [-0.39, 0.29) is 0 Å². The third-order valence-electron chi connectivity index (χ3n) is 0.0833. The van der Waals surface area contributed by atoms with E-state index in [9.17, 15) is 0 Å². The second kappa shape index (κ2) is 2.96. The molecule has 0 aromatic heterocycles. The minimum atomic E-state index is 0.384. The summed E-state index contributed by atoms with van der Waals surface area (Å²) >= 11 is 4.18. The highest BCUT2D eigenvalue weighted by atomic mass is 32.1. The van der Waals surface area contributed by atoms with Crippen molar-refractivity contribution in [1.82, 2.24) is 0 Å². The van der Waals surface area contributed by atoms with E-state index in [1.54, 1.807) is 0 Å². The first-order valence-corrected chi connectivity index (χ1v) is 1.37. The summed E-state index contributed by atoms with van der Waals surface area (Å²) in [6.45, 7) is 0.384. The predicted molar refractivity (Wildman–Crippen MR) is 21.7 cm³/mol. The Hall–Kier alpha value is -0.0400. The van der Waals surface area contributed by atoms with Crippen LogP contribution in [-0.2, 0) is 0 Å². The molecule has 0 amide bonds. The highest BCUT2D eigenvalue weighted by Crippen LogP contribution is 1.34. The zero-order chi connectivity index (χ0) is 3.41. The minimum Gasteiger partial charge on any atom is -0.283 e. The van der Waals surface area contributed by atoms with E-state index >= 15 is 0 Å². The molecule has 1 nitrogen and oxygen atoms in total. The lowest BCUT2D eigenvalue weighted by Gasteiger charge is -1.38. The van der Waals surface area contributed by atoms with Crippen molar-refractivity contribution in [2.24, 2.45) is 5.73 Å². The summed E-state index contributed by atoms with van der Waals surface area (Å²) in [6.07, 6.45) is 0. The molecule has 22 valence electrons. The fourth-order valence-electron chi connectivity index (χ4n) is 0. The maximum atomic E-state index is 4.81. The Morgan fingerprint density at radius 2 is 2.25 bits per heavy atom. The SMILES string of the molecule is NC[C+]=S. The summed E-state index contributed by atoms with van der Waals surface area (Å²) in [7, 11) is 0. The maximum absolute atomic E-state index is 4.81. The topological polar surface area (TPSA) is 26.0 Å². The van der Waals surface area contributed by atoms with Crippen LogP contribution >= 0.6 is 12.2 Å². The fraction of sp³-hybridized carbons (Fsp3) is 0.500. The Bertz CT molecular complexity index is 20.0. The molecule has 0 fully saturated rings. The summed E-state index contributed by atoms with van der Waals surface area (Å²) in [5.74, 6) is 0. The molecule has 0 aromatic rings. The van der Waals surface area contributed by atoms with Crippen LogP contribution in [0.2, 0.25) is 0 Å². The Labute approximate surface area is 30.8 Å². The zero-order valence-electron chi connectivity index (χ0n) is 2.19. The van der Waals surface area contributed by atoms with Gasteiger partial charge in [0.15, 0.2) is 0 Å².